The molecule has 1 aliphatic carbocycles. The van der Waals surface area contributed by atoms with Crippen LogP contribution in [0, 0.1) is 5.41 Å². The number of nitrogen functional groups attached to an aromatic ring is 1. The second-order valence-corrected chi connectivity index (χ2v) is 5.15. The zero-order valence-electron chi connectivity index (χ0n) is 12.4. The summed E-state index contributed by atoms with van der Waals surface area (Å²) in [7, 11) is 0. The van der Waals surface area contributed by atoms with E-state index in [2.05, 4.69) is 5.32 Å². The van der Waals surface area contributed by atoms with E-state index in [9.17, 15) is 9.59 Å². The maximum atomic E-state index is 11.3. The van der Waals surface area contributed by atoms with Crippen molar-refractivity contribution < 1.29 is 9.59 Å². The Morgan fingerprint density at radius 3 is 2.14 bits per heavy atom. The van der Waals surface area contributed by atoms with Crippen LogP contribution in [-0.4, -0.2) is 23.4 Å². The monoisotopic (exact) mass is 289 g/mol. The van der Waals surface area contributed by atoms with E-state index in [1.165, 1.54) is 13.3 Å². The van der Waals surface area contributed by atoms with Gasteiger partial charge < -0.3 is 11.1 Å². The van der Waals surface area contributed by atoms with Crippen molar-refractivity contribution in [2.75, 3.05) is 5.73 Å². The highest BCUT2D eigenvalue weighted by Crippen LogP contribution is 2.17. The van der Waals surface area contributed by atoms with Gasteiger partial charge >= 0.3 is 0 Å². The molecule has 1 fully saturated rings. The fourth-order valence-electron chi connectivity index (χ4n) is 2.12. The Hall–Kier alpha value is -2.17. The van der Waals surface area contributed by atoms with Gasteiger partial charge in [-0.15, -0.1) is 0 Å². The van der Waals surface area contributed by atoms with Crippen molar-refractivity contribution in [1.29, 1.82) is 5.41 Å². The fourth-order valence-corrected chi connectivity index (χ4v) is 2.12. The summed E-state index contributed by atoms with van der Waals surface area (Å²) >= 11 is 0. The number of hydrogen-bond acceptors (Lipinski definition) is 4. The third-order valence-electron chi connectivity index (χ3n) is 3.32. The Bertz CT molecular complexity index is 480. The number of anilines is 1. The molecule has 21 heavy (non-hydrogen) atoms. The minimum atomic E-state index is -0.524. The molecule has 0 saturated heterocycles. The summed E-state index contributed by atoms with van der Waals surface area (Å²) in [4.78, 5) is 22.0. The Morgan fingerprint density at radius 1 is 1.14 bits per heavy atom. The minimum absolute atomic E-state index is 0.163. The molecule has 0 heterocycles. The summed E-state index contributed by atoms with van der Waals surface area (Å²) in [6.45, 7) is 1.24. The van der Waals surface area contributed by atoms with Gasteiger partial charge in [0.05, 0.1) is 0 Å². The first-order chi connectivity index (χ1) is 10.0. The maximum absolute atomic E-state index is 11.3. The molecule has 114 valence electrons. The first-order valence-electron chi connectivity index (χ1n) is 7.21. The van der Waals surface area contributed by atoms with Crippen LogP contribution in [0.15, 0.2) is 30.3 Å². The standard InChI is InChI=1S/C10H16N2O2.C6H7N/c1-7(13)9(11)10(14)12-8-5-3-2-4-6-8;7-6-4-2-1-3-5-6/h8,11H,2-6H2,1H3,(H,12,14);1-5H,7H2. The van der Waals surface area contributed by atoms with Gasteiger partial charge in [-0.2, -0.15) is 0 Å². The number of carbonyl (C=O) groups is 2. The highest BCUT2D eigenvalue weighted by atomic mass is 16.2. The summed E-state index contributed by atoms with van der Waals surface area (Å²) in [5, 5.41) is 9.92. The zero-order chi connectivity index (χ0) is 15.7. The summed E-state index contributed by atoms with van der Waals surface area (Å²) in [6, 6.07) is 9.65. The number of ketones is 1. The molecule has 0 atom stereocenters. The number of para-hydroxylation sites is 1. The number of rotatable bonds is 3. The van der Waals surface area contributed by atoms with E-state index in [0.29, 0.717) is 0 Å². The molecule has 1 aromatic carbocycles. The smallest absolute Gasteiger partial charge is 0.273 e. The molecular weight excluding hydrogens is 266 g/mol. The topological polar surface area (TPSA) is 96.0 Å². The molecule has 0 spiro atoms. The zero-order valence-corrected chi connectivity index (χ0v) is 12.4. The van der Waals surface area contributed by atoms with Gasteiger partial charge in [0.15, 0.2) is 11.5 Å². The summed E-state index contributed by atoms with van der Waals surface area (Å²) < 4.78 is 0. The van der Waals surface area contributed by atoms with Crippen LogP contribution in [0.2, 0.25) is 0 Å². The van der Waals surface area contributed by atoms with Gasteiger partial charge in [-0.05, 0) is 25.0 Å². The van der Waals surface area contributed by atoms with Crippen LogP contribution in [0.25, 0.3) is 0 Å². The van der Waals surface area contributed by atoms with Crippen molar-refractivity contribution in [3.63, 3.8) is 0 Å². The quantitative estimate of drug-likeness (QED) is 0.452. The predicted molar refractivity (Wildman–Crippen MR) is 84.3 cm³/mol. The minimum Gasteiger partial charge on any atom is -0.399 e. The molecule has 4 N–H and O–H groups in total. The fraction of sp³-hybridized carbons (Fsp3) is 0.438. The summed E-state index contributed by atoms with van der Waals surface area (Å²) in [6.07, 6.45) is 5.40. The lowest BCUT2D eigenvalue weighted by Gasteiger charge is -2.22. The predicted octanol–water partition coefficient (Wildman–Crippen LogP) is 2.31. The lowest BCUT2D eigenvalue weighted by molar-refractivity contribution is -0.118. The van der Waals surface area contributed by atoms with E-state index in [1.807, 2.05) is 30.3 Å². The molecule has 1 saturated carbocycles. The highest BCUT2D eigenvalue weighted by molar-refractivity contribution is 6.64. The Balaban J connectivity index is 0.000000262. The van der Waals surface area contributed by atoms with E-state index in [4.69, 9.17) is 11.1 Å². The Labute approximate surface area is 125 Å². The van der Waals surface area contributed by atoms with Gasteiger partial charge in [-0.3, -0.25) is 15.0 Å². The van der Waals surface area contributed by atoms with Crippen LogP contribution in [-0.2, 0) is 9.59 Å². The number of nitrogens with two attached hydrogens (primary N) is 1. The number of carbonyl (C=O) groups excluding carboxylic acids is 2. The maximum Gasteiger partial charge on any atom is 0.273 e. The van der Waals surface area contributed by atoms with Gasteiger partial charge in [0, 0.05) is 18.7 Å². The molecule has 0 unspecified atom stereocenters. The molecule has 2 rings (SSSR count). The molecule has 5 heteroatoms. The van der Waals surface area contributed by atoms with Crippen molar-refractivity contribution in [2.24, 2.45) is 0 Å². The molecule has 0 radical (unpaired) electrons. The normalized spacial score (nSPS) is 14.5. The van der Waals surface area contributed by atoms with E-state index < -0.39 is 17.4 Å². The van der Waals surface area contributed by atoms with Crippen molar-refractivity contribution in [3.05, 3.63) is 30.3 Å². The molecule has 1 aliphatic rings. The van der Waals surface area contributed by atoms with Gasteiger partial charge in [0.2, 0.25) is 0 Å². The second-order valence-electron chi connectivity index (χ2n) is 5.15. The Morgan fingerprint density at radius 2 is 1.71 bits per heavy atom. The lowest BCUT2D eigenvalue weighted by Crippen LogP contribution is -2.41. The van der Waals surface area contributed by atoms with Crippen molar-refractivity contribution in [2.45, 2.75) is 45.1 Å². The average molecular weight is 289 g/mol. The third-order valence-corrected chi connectivity index (χ3v) is 3.32. The number of amides is 1. The van der Waals surface area contributed by atoms with Crippen LogP contribution in [0.5, 0.6) is 0 Å². The van der Waals surface area contributed by atoms with E-state index in [1.54, 1.807) is 0 Å². The largest absolute Gasteiger partial charge is 0.399 e. The van der Waals surface area contributed by atoms with Crippen LogP contribution in [0.1, 0.15) is 39.0 Å². The average Bonchev–Trinajstić information content (AvgIpc) is 2.48. The number of Topliss-reactive ketones (excluding diaryl/α,β-unsaturated/α-hetero) is 1. The lowest BCUT2D eigenvalue weighted by atomic mass is 9.95. The van der Waals surface area contributed by atoms with Crippen LogP contribution in [0.4, 0.5) is 5.69 Å². The van der Waals surface area contributed by atoms with Crippen molar-refractivity contribution in [3.8, 4) is 0 Å². The first kappa shape index (κ1) is 16.9. The second kappa shape index (κ2) is 8.89. The van der Waals surface area contributed by atoms with Crippen LogP contribution < -0.4 is 11.1 Å². The van der Waals surface area contributed by atoms with Gasteiger partial charge in [-0.25, -0.2) is 0 Å². The van der Waals surface area contributed by atoms with Gasteiger partial charge in [0.25, 0.3) is 5.91 Å². The molecule has 5 nitrogen and oxygen atoms in total. The SMILES string of the molecule is CC(=O)C(=N)C(=O)NC1CCCCC1.Nc1ccccc1. The molecular formula is C16H23N3O2. The van der Waals surface area contributed by atoms with Gasteiger partial charge in [-0.1, -0.05) is 37.5 Å². The molecule has 1 amide bonds. The Kier molecular flexibility index (Phi) is 7.15. The van der Waals surface area contributed by atoms with E-state index >= 15 is 0 Å². The van der Waals surface area contributed by atoms with E-state index in [0.717, 1.165) is 31.4 Å². The molecule has 0 aliphatic heterocycles. The first-order valence-corrected chi connectivity index (χ1v) is 7.21. The molecule has 0 aromatic heterocycles. The van der Waals surface area contributed by atoms with E-state index in [-0.39, 0.29) is 6.04 Å². The number of hydrogen-bond donors (Lipinski definition) is 3. The third kappa shape index (κ3) is 6.70. The summed E-state index contributed by atoms with van der Waals surface area (Å²) in [5.74, 6) is -0.997. The number of benzene rings is 1. The van der Waals surface area contributed by atoms with Crippen LogP contribution in [0.3, 0.4) is 0 Å². The number of nitrogens with one attached hydrogen (secondary N) is 2. The summed E-state index contributed by atoms with van der Waals surface area (Å²) in [5.41, 5.74) is 5.74. The van der Waals surface area contributed by atoms with Crippen molar-refractivity contribution in [1.82, 2.24) is 5.32 Å². The molecule has 0 bridgehead atoms. The van der Waals surface area contributed by atoms with Crippen molar-refractivity contribution >= 4 is 23.1 Å². The molecule has 1 aromatic rings. The van der Waals surface area contributed by atoms with Crippen LogP contribution >= 0.6 is 0 Å². The van der Waals surface area contributed by atoms with Gasteiger partial charge in [0.1, 0.15) is 0 Å². The highest BCUT2D eigenvalue weighted by Gasteiger charge is 2.19.